The third kappa shape index (κ3) is 1.55. The van der Waals surface area contributed by atoms with Crippen LogP contribution < -0.4 is 0 Å². The van der Waals surface area contributed by atoms with Crippen LogP contribution in [-0.2, 0) is 4.74 Å². The van der Waals surface area contributed by atoms with Gasteiger partial charge in [-0.2, -0.15) is 0 Å². The molecule has 2 aliphatic rings. The fraction of sp³-hybridized carbons (Fsp3) is 0.846. The van der Waals surface area contributed by atoms with Crippen molar-refractivity contribution in [2.75, 3.05) is 7.11 Å². The normalized spacial score (nSPS) is 41.6. The third-order valence-corrected chi connectivity index (χ3v) is 4.50. The molecule has 2 heteroatoms. The van der Waals surface area contributed by atoms with Crippen molar-refractivity contribution >= 4 is 0 Å². The van der Waals surface area contributed by atoms with Gasteiger partial charge in [0.15, 0.2) is 0 Å². The molecule has 2 aliphatic carbocycles. The lowest BCUT2D eigenvalue weighted by molar-refractivity contribution is -0.0431. The van der Waals surface area contributed by atoms with Crippen LogP contribution in [0.3, 0.4) is 0 Å². The Morgan fingerprint density at radius 1 is 1.33 bits per heavy atom. The molecule has 3 atom stereocenters. The van der Waals surface area contributed by atoms with Crippen molar-refractivity contribution in [1.29, 1.82) is 0 Å². The highest BCUT2D eigenvalue weighted by molar-refractivity contribution is 5.29. The van der Waals surface area contributed by atoms with E-state index < -0.39 is 0 Å². The zero-order valence-electron chi connectivity index (χ0n) is 10.0. The van der Waals surface area contributed by atoms with E-state index in [2.05, 4.69) is 13.8 Å². The summed E-state index contributed by atoms with van der Waals surface area (Å²) >= 11 is 0. The average Bonchev–Trinajstić information content (AvgIpc) is 2.51. The second-order valence-electron chi connectivity index (χ2n) is 5.21. The van der Waals surface area contributed by atoms with Crippen LogP contribution in [0.4, 0.5) is 0 Å². The van der Waals surface area contributed by atoms with Gasteiger partial charge in [0, 0.05) is 12.5 Å². The van der Waals surface area contributed by atoms with E-state index in [0.717, 1.165) is 32.1 Å². The van der Waals surface area contributed by atoms with Gasteiger partial charge in [-0.05, 0) is 39.0 Å². The van der Waals surface area contributed by atoms with Crippen molar-refractivity contribution in [3.63, 3.8) is 0 Å². The van der Waals surface area contributed by atoms with Crippen LogP contribution >= 0.6 is 0 Å². The molecule has 0 saturated heterocycles. The number of aliphatic hydroxyl groups excluding tert-OH is 1. The summed E-state index contributed by atoms with van der Waals surface area (Å²) in [5.41, 5.74) is 2.85. The molecule has 15 heavy (non-hydrogen) atoms. The molecule has 0 heterocycles. The van der Waals surface area contributed by atoms with Crippen molar-refractivity contribution in [2.24, 2.45) is 5.41 Å². The number of ether oxygens (including phenoxy) is 1. The molecule has 86 valence electrons. The highest BCUT2D eigenvalue weighted by Crippen LogP contribution is 2.51. The standard InChI is InChI=1S/C13H22O2/c1-9-5-4-6-11(14)13(2)10(9)7-8-12(13)15-3/h11-12,14H,4-8H2,1-3H3/t11-,12+,13+/m0/s1. The summed E-state index contributed by atoms with van der Waals surface area (Å²) in [4.78, 5) is 0. The van der Waals surface area contributed by atoms with Gasteiger partial charge in [-0.25, -0.2) is 0 Å². The lowest BCUT2D eigenvalue weighted by Crippen LogP contribution is -2.40. The fourth-order valence-electron chi connectivity index (χ4n) is 3.50. The lowest BCUT2D eigenvalue weighted by Gasteiger charge is -2.36. The first-order valence-corrected chi connectivity index (χ1v) is 6.00. The summed E-state index contributed by atoms with van der Waals surface area (Å²) in [7, 11) is 1.77. The van der Waals surface area contributed by atoms with Crippen molar-refractivity contribution in [3.8, 4) is 0 Å². The lowest BCUT2D eigenvalue weighted by atomic mass is 9.76. The molecule has 1 saturated carbocycles. The second kappa shape index (κ2) is 3.91. The van der Waals surface area contributed by atoms with Gasteiger partial charge in [-0.1, -0.05) is 18.1 Å². The van der Waals surface area contributed by atoms with Gasteiger partial charge < -0.3 is 9.84 Å². The minimum Gasteiger partial charge on any atom is -0.392 e. The Labute approximate surface area is 92.3 Å². The zero-order chi connectivity index (χ0) is 11.1. The first-order valence-electron chi connectivity index (χ1n) is 6.00. The Hall–Kier alpha value is -0.340. The molecule has 0 amide bonds. The summed E-state index contributed by atoms with van der Waals surface area (Å²) in [6, 6.07) is 0. The van der Waals surface area contributed by atoms with E-state index in [4.69, 9.17) is 4.74 Å². The van der Waals surface area contributed by atoms with Gasteiger partial charge in [0.2, 0.25) is 0 Å². The molecule has 2 nitrogen and oxygen atoms in total. The molecule has 0 bridgehead atoms. The number of fused-ring (bicyclic) bond motifs is 1. The van der Waals surface area contributed by atoms with E-state index >= 15 is 0 Å². The Morgan fingerprint density at radius 3 is 2.73 bits per heavy atom. The van der Waals surface area contributed by atoms with Gasteiger partial charge in [0.25, 0.3) is 0 Å². The Kier molecular flexibility index (Phi) is 2.91. The molecular weight excluding hydrogens is 188 g/mol. The molecule has 0 aliphatic heterocycles. The minimum atomic E-state index is -0.225. The summed E-state index contributed by atoms with van der Waals surface area (Å²) in [6.07, 6.45) is 5.33. The largest absolute Gasteiger partial charge is 0.392 e. The number of hydrogen-bond donors (Lipinski definition) is 1. The summed E-state index contributed by atoms with van der Waals surface area (Å²) in [5, 5.41) is 10.3. The maximum atomic E-state index is 10.3. The van der Waals surface area contributed by atoms with Gasteiger partial charge >= 0.3 is 0 Å². The summed E-state index contributed by atoms with van der Waals surface area (Å²) in [5.74, 6) is 0. The molecule has 1 fully saturated rings. The van der Waals surface area contributed by atoms with E-state index in [1.807, 2.05) is 0 Å². The van der Waals surface area contributed by atoms with Crippen LogP contribution in [0.25, 0.3) is 0 Å². The molecule has 0 unspecified atom stereocenters. The zero-order valence-corrected chi connectivity index (χ0v) is 10.0. The molecule has 0 aromatic rings. The number of hydrogen-bond acceptors (Lipinski definition) is 2. The summed E-state index contributed by atoms with van der Waals surface area (Å²) in [6.45, 7) is 4.41. The Morgan fingerprint density at radius 2 is 2.07 bits per heavy atom. The van der Waals surface area contributed by atoms with Crippen LogP contribution in [0.15, 0.2) is 11.1 Å². The molecular formula is C13H22O2. The Balaban J connectivity index is 2.42. The first kappa shape index (κ1) is 11.2. The van der Waals surface area contributed by atoms with Crippen LogP contribution in [-0.4, -0.2) is 24.4 Å². The van der Waals surface area contributed by atoms with E-state index in [1.165, 1.54) is 11.1 Å². The van der Waals surface area contributed by atoms with Crippen molar-refractivity contribution in [2.45, 2.75) is 58.2 Å². The van der Waals surface area contributed by atoms with Crippen molar-refractivity contribution in [1.82, 2.24) is 0 Å². The maximum absolute atomic E-state index is 10.3. The Bertz CT molecular complexity index is 282. The second-order valence-corrected chi connectivity index (χ2v) is 5.21. The van der Waals surface area contributed by atoms with Crippen LogP contribution in [0.1, 0.15) is 46.0 Å². The molecule has 0 radical (unpaired) electrons. The highest BCUT2D eigenvalue weighted by Gasteiger charge is 2.49. The predicted molar refractivity (Wildman–Crippen MR) is 60.7 cm³/mol. The molecule has 1 N–H and O–H groups in total. The van der Waals surface area contributed by atoms with Gasteiger partial charge in [-0.15, -0.1) is 0 Å². The van der Waals surface area contributed by atoms with E-state index in [9.17, 15) is 5.11 Å². The minimum absolute atomic E-state index is 0.116. The van der Waals surface area contributed by atoms with Crippen molar-refractivity contribution < 1.29 is 9.84 Å². The SMILES string of the molecule is CO[C@@H]1CCC2=C(C)CCC[C@H](O)[C@@]21C. The van der Waals surface area contributed by atoms with Crippen LogP contribution in [0, 0.1) is 5.41 Å². The molecule has 2 rings (SSSR count). The number of aliphatic hydroxyl groups is 1. The molecule has 0 aromatic carbocycles. The monoisotopic (exact) mass is 210 g/mol. The van der Waals surface area contributed by atoms with E-state index in [1.54, 1.807) is 7.11 Å². The quantitative estimate of drug-likeness (QED) is 0.674. The van der Waals surface area contributed by atoms with Crippen LogP contribution in [0.2, 0.25) is 0 Å². The topological polar surface area (TPSA) is 29.5 Å². The number of methoxy groups -OCH3 is 1. The smallest absolute Gasteiger partial charge is 0.0690 e. The van der Waals surface area contributed by atoms with Gasteiger partial charge in [0.05, 0.1) is 12.2 Å². The molecule has 0 aromatic heterocycles. The summed E-state index contributed by atoms with van der Waals surface area (Å²) < 4.78 is 5.56. The number of rotatable bonds is 1. The third-order valence-electron chi connectivity index (χ3n) is 4.50. The maximum Gasteiger partial charge on any atom is 0.0690 e. The predicted octanol–water partition coefficient (Wildman–Crippen LogP) is 2.66. The van der Waals surface area contributed by atoms with Crippen molar-refractivity contribution in [3.05, 3.63) is 11.1 Å². The molecule has 0 spiro atoms. The van der Waals surface area contributed by atoms with Gasteiger partial charge in [0.1, 0.15) is 0 Å². The van der Waals surface area contributed by atoms with E-state index in [-0.39, 0.29) is 17.6 Å². The van der Waals surface area contributed by atoms with Crippen LogP contribution in [0.5, 0.6) is 0 Å². The average molecular weight is 210 g/mol. The fourth-order valence-corrected chi connectivity index (χ4v) is 3.50. The first-order chi connectivity index (χ1) is 7.10. The van der Waals surface area contributed by atoms with E-state index in [0.29, 0.717) is 0 Å². The van der Waals surface area contributed by atoms with Gasteiger partial charge in [-0.3, -0.25) is 0 Å². The number of allylic oxidation sites excluding steroid dienone is 1. The highest BCUT2D eigenvalue weighted by atomic mass is 16.5.